The standard InChI is InChI=1S/C25H28F2N2O3S/c1-15-10-12-29(13-11-15)22(18-6-8-19(9-7-18)32-25(26)27)21-16(2)17(3)33-24(21)28-23(30)20-5-4-14-31-20/h4-9,14-15,22,25H,10-13H2,1-3H3,(H,28,30)/p+1. The second-order valence-corrected chi connectivity index (χ2v) is 9.90. The third-order valence-corrected chi connectivity index (χ3v) is 7.59. The zero-order valence-corrected chi connectivity index (χ0v) is 19.8. The number of rotatable bonds is 7. The fourth-order valence-electron chi connectivity index (χ4n) is 4.53. The lowest BCUT2D eigenvalue weighted by molar-refractivity contribution is -0.931. The van der Waals surface area contributed by atoms with Gasteiger partial charge in [0.2, 0.25) is 0 Å². The number of likely N-dealkylation sites (tertiary alicyclic amines) is 1. The second-order valence-electron chi connectivity index (χ2n) is 8.68. The van der Waals surface area contributed by atoms with Crippen LogP contribution >= 0.6 is 11.3 Å². The molecule has 5 nitrogen and oxygen atoms in total. The molecule has 1 aliphatic heterocycles. The van der Waals surface area contributed by atoms with Gasteiger partial charge in [-0.25, -0.2) is 0 Å². The van der Waals surface area contributed by atoms with Gasteiger partial charge in [0.05, 0.1) is 24.9 Å². The summed E-state index contributed by atoms with van der Waals surface area (Å²) in [5.41, 5.74) is 3.22. The van der Waals surface area contributed by atoms with Crippen LogP contribution in [0.15, 0.2) is 47.1 Å². The van der Waals surface area contributed by atoms with E-state index in [2.05, 4.69) is 30.8 Å². The van der Waals surface area contributed by atoms with Crippen LogP contribution < -0.4 is 15.0 Å². The predicted molar refractivity (Wildman–Crippen MR) is 124 cm³/mol. The fourth-order valence-corrected chi connectivity index (χ4v) is 5.62. The van der Waals surface area contributed by atoms with Crippen molar-refractivity contribution < 1.29 is 27.6 Å². The summed E-state index contributed by atoms with van der Waals surface area (Å²) in [5, 5.41) is 3.86. The first kappa shape index (κ1) is 23.4. The Morgan fingerprint density at radius 1 is 1.18 bits per heavy atom. The number of quaternary nitrogens is 1. The van der Waals surface area contributed by atoms with Gasteiger partial charge in [-0.15, -0.1) is 11.3 Å². The molecule has 0 spiro atoms. The summed E-state index contributed by atoms with van der Waals surface area (Å²) in [5.74, 6) is 0.789. The van der Waals surface area contributed by atoms with E-state index in [1.807, 2.05) is 12.1 Å². The average molecular weight is 476 g/mol. The van der Waals surface area contributed by atoms with E-state index in [0.29, 0.717) is 5.92 Å². The Morgan fingerprint density at radius 3 is 2.48 bits per heavy atom. The number of hydrogen-bond donors (Lipinski definition) is 2. The van der Waals surface area contributed by atoms with Crippen molar-refractivity contribution in [1.29, 1.82) is 0 Å². The number of amides is 1. The first-order valence-electron chi connectivity index (χ1n) is 11.2. The van der Waals surface area contributed by atoms with Gasteiger partial charge in [-0.3, -0.25) is 4.79 Å². The van der Waals surface area contributed by atoms with Crippen LogP contribution in [0.5, 0.6) is 5.75 Å². The molecule has 2 aromatic heterocycles. The van der Waals surface area contributed by atoms with E-state index in [-0.39, 0.29) is 23.5 Å². The van der Waals surface area contributed by atoms with E-state index in [9.17, 15) is 13.6 Å². The predicted octanol–water partition coefficient (Wildman–Crippen LogP) is 5.22. The number of ether oxygens (including phenoxy) is 1. The molecule has 0 aliphatic carbocycles. The third-order valence-electron chi connectivity index (χ3n) is 6.46. The largest absolute Gasteiger partial charge is 0.459 e. The molecule has 1 aromatic carbocycles. The van der Waals surface area contributed by atoms with Crippen LogP contribution in [0.4, 0.5) is 13.8 Å². The Bertz CT molecular complexity index is 1070. The van der Waals surface area contributed by atoms with Crippen molar-refractivity contribution in [1.82, 2.24) is 0 Å². The van der Waals surface area contributed by atoms with E-state index in [1.165, 1.54) is 11.2 Å². The maximum Gasteiger partial charge on any atom is 0.387 e. The second kappa shape index (κ2) is 10.1. The fraction of sp³-hybridized carbons (Fsp3) is 0.400. The highest BCUT2D eigenvalue weighted by Crippen LogP contribution is 2.39. The molecule has 0 bridgehead atoms. The molecule has 3 aromatic rings. The molecule has 33 heavy (non-hydrogen) atoms. The molecule has 1 amide bonds. The van der Waals surface area contributed by atoms with Gasteiger partial charge in [-0.05, 0) is 74.6 Å². The van der Waals surface area contributed by atoms with Crippen LogP contribution in [0.1, 0.15) is 57.9 Å². The van der Waals surface area contributed by atoms with Gasteiger partial charge in [-0.2, -0.15) is 8.78 Å². The molecule has 0 radical (unpaired) electrons. The molecule has 1 unspecified atom stereocenters. The summed E-state index contributed by atoms with van der Waals surface area (Å²) in [6, 6.07) is 10.2. The summed E-state index contributed by atoms with van der Waals surface area (Å²) in [6.45, 7) is 5.55. The Balaban J connectivity index is 1.73. The number of anilines is 1. The van der Waals surface area contributed by atoms with Crippen LogP contribution in [-0.2, 0) is 0 Å². The molecule has 1 saturated heterocycles. The van der Waals surface area contributed by atoms with E-state index < -0.39 is 6.61 Å². The van der Waals surface area contributed by atoms with Crippen LogP contribution in [-0.4, -0.2) is 25.6 Å². The van der Waals surface area contributed by atoms with Gasteiger partial charge in [0.15, 0.2) is 5.76 Å². The minimum Gasteiger partial charge on any atom is -0.459 e. The third kappa shape index (κ3) is 5.28. The molecule has 8 heteroatoms. The number of benzene rings is 1. The molecule has 0 saturated carbocycles. The highest BCUT2D eigenvalue weighted by atomic mass is 32.1. The number of piperidine rings is 1. The van der Waals surface area contributed by atoms with Crippen LogP contribution in [0.3, 0.4) is 0 Å². The first-order chi connectivity index (χ1) is 15.8. The first-order valence-corrected chi connectivity index (χ1v) is 12.0. The number of hydrogen-bond acceptors (Lipinski definition) is 4. The minimum absolute atomic E-state index is 0.0325. The number of furan rings is 1. The molecule has 176 valence electrons. The van der Waals surface area contributed by atoms with Gasteiger partial charge in [0.1, 0.15) is 16.8 Å². The summed E-state index contributed by atoms with van der Waals surface area (Å²) >= 11 is 1.55. The number of aryl methyl sites for hydroxylation is 1. The van der Waals surface area contributed by atoms with Crippen molar-refractivity contribution in [2.24, 2.45) is 5.92 Å². The lowest BCUT2D eigenvalue weighted by Crippen LogP contribution is -3.13. The summed E-state index contributed by atoms with van der Waals surface area (Å²) in [7, 11) is 0. The summed E-state index contributed by atoms with van der Waals surface area (Å²) < 4.78 is 35.1. The van der Waals surface area contributed by atoms with Gasteiger partial charge < -0.3 is 19.4 Å². The SMILES string of the molecule is Cc1sc(NC(=O)c2ccco2)c(C(c2ccc(OC(F)F)cc2)[NH+]2CCC(C)CC2)c1C. The number of alkyl halides is 2. The summed E-state index contributed by atoms with van der Waals surface area (Å²) in [4.78, 5) is 15.3. The molecular weight excluding hydrogens is 446 g/mol. The number of thiophene rings is 1. The van der Waals surface area contributed by atoms with Crippen LogP contribution in [0.25, 0.3) is 0 Å². The molecule has 4 rings (SSSR count). The van der Waals surface area contributed by atoms with E-state index in [1.54, 1.807) is 35.6 Å². The van der Waals surface area contributed by atoms with Crippen molar-refractivity contribution in [2.75, 3.05) is 18.4 Å². The Morgan fingerprint density at radius 2 is 1.88 bits per heavy atom. The maximum atomic E-state index is 12.8. The average Bonchev–Trinajstić information content (AvgIpc) is 3.41. The molecular formula is C25H29F2N2O3S+. The Kier molecular flexibility index (Phi) is 7.14. The van der Waals surface area contributed by atoms with Gasteiger partial charge in [-0.1, -0.05) is 6.92 Å². The lowest BCUT2D eigenvalue weighted by Gasteiger charge is -2.35. The molecule has 1 atom stereocenters. The lowest BCUT2D eigenvalue weighted by atomic mass is 9.91. The number of nitrogens with one attached hydrogen (secondary N) is 2. The molecule has 1 aliphatic rings. The quantitative estimate of drug-likeness (QED) is 0.493. The van der Waals surface area contributed by atoms with Crippen molar-refractivity contribution in [3.8, 4) is 5.75 Å². The smallest absolute Gasteiger partial charge is 0.387 e. The topological polar surface area (TPSA) is 55.9 Å². The minimum atomic E-state index is -2.86. The van der Waals surface area contributed by atoms with Crippen molar-refractivity contribution in [2.45, 2.75) is 46.3 Å². The number of carbonyl (C=O) groups excluding carboxylic acids is 1. The van der Waals surface area contributed by atoms with Crippen molar-refractivity contribution >= 4 is 22.2 Å². The number of carbonyl (C=O) groups is 1. The van der Waals surface area contributed by atoms with E-state index in [4.69, 9.17) is 4.42 Å². The van der Waals surface area contributed by atoms with Crippen molar-refractivity contribution in [3.63, 3.8) is 0 Å². The Hall–Kier alpha value is -2.71. The van der Waals surface area contributed by atoms with Gasteiger partial charge in [0.25, 0.3) is 5.91 Å². The van der Waals surface area contributed by atoms with Crippen LogP contribution in [0, 0.1) is 19.8 Å². The molecule has 2 N–H and O–H groups in total. The maximum absolute atomic E-state index is 12.8. The normalized spacial score (nSPS) is 19.5. The zero-order chi connectivity index (χ0) is 23.5. The van der Waals surface area contributed by atoms with Gasteiger partial charge >= 0.3 is 6.61 Å². The monoisotopic (exact) mass is 475 g/mol. The van der Waals surface area contributed by atoms with E-state index in [0.717, 1.165) is 52.5 Å². The Labute approximate surface area is 196 Å². The van der Waals surface area contributed by atoms with E-state index >= 15 is 0 Å². The van der Waals surface area contributed by atoms with Gasteiger partial charge in [0, 0.05) is 10.4 Å². The highest BCUT2D eigenvalue weighted by Gasteiger charge is 2.34. The zero-order valence-electron chi connectivity index (χ0n) is 19.0. The molecule has 1 fully saturated rings. The summed E-state index contributed by atoms with van der Waals surface area (Å²) in [6.07, 6.45) is 3.72. The number of halogens is 2. The highest BCUT2D eigenvalue weighted by molar-refractivity contribution is 7.16. The molecule has 3 heterocycles. The van der Waals surface area contributed by atoms with Crippen molar-refractivity contribution in [3.05, 3.63) is 70.0 Å². The van der Waals surface area contributed by atoms with Crippen LogP contribution in [0.2, 0.25) is 0 Å².